The third kappa shape index (κ3) is 5.40. The lowest BCUT2D eigenvalue weighted by Crippen LogP contribution is -2.46. The summed E-state index contributed by atoms with van der Waals surface area (Å²) in [6.07, 6.45) is -0.840. The van der Waals surface area contributed by atoms with Crippen molar-refractivity contribution in [2.75, 3.05) is 0 Å². The van der Waals surface area contributed by atoms with Gasteiger partial charge in [0, 0.05) is 24.2 Å². The monoisotopic (exact) mass is 553 g/mol. The number of benzene rings is 1. The Morgan fingerprint density at radius 1 is 1.20 bits per heavy atom. The number of alkyl halides is 3. The van der Waals surface area contributed by atoms with Crippen LogP contribution in [0.3, 0.4) is 0 Å². The maximum atomic E-state index is 13.7. The van der Waals surface area contributed by atoms with Gasteiger partial charge in [-0.05, 0) is 68.7 Å². The lowest BCUT2D eigenvalue weighted by Gasteiger charge is -2.41. The van der Waals surface area contributed by atoms with Gasteiger partial charge in [-0.2, -0.15) is 23.4 Å². The zero-order valence-electron chi connectivity index (χ0n) is 22.4. The van der Waals surface area contributed by atoms with Crippen molar-refractivity contribution in [1.82, 2.24) is 19.6 Å². The van der Waals surface area contributed by atoms with Crippen molar-refractivity contribution in [3.8, 4) is 6.07 Å². The van der Waals surface area contributed by atoms with Crippen molar-refractivity contribution in [2.45, 2.75) is 83.4 Å². The van der Waals surface area contributed by atoms with Crippen molar-refractivity contribution in [1.29, 1.82) is 5.26 Å². The molecule has 40 heavy (non-hydrogen) atoms. The zero-order chi connectivity index (χ0) is 28.7. The van der Waals surface area contributed by atoms with Crippen LogP contribution in [0.1, 0.15) is 72.4 Å². The Bertz CT molecular complexity index is 1530. The summed E-state index contributed by atoms with van der Waals surface area (Å²) < 4.78 is 48.7. The van der Waals surface area contributed by atoms with Crippen molar-refractivity contribution >= 4 is 11.7 Å². The average molecular weight is 554 g/mol. The number of nitrogens with zero attached hydrogens (tertiary/aromatic N) is 5. The number of aliphatic hydroxyl groups excluding tert-OH is 1. The predicted molar refractivity (Wildman–Crippen MR) is 138 cm³/mol. The molecule has 0 amide bonds. The number of halogens is 3. The second-order valence-corrected chi connectivity index (χ2v) is 10.8. The molecule has 1 fully saturated rings. The van der Waals surface area contributed by atoms with Gasteiger partial charge in [-0.1, -0.05) is 25.0 Å². The molecule has 0 saturated heterocycles. The standard InChI is InChI=1S/C29H30F3N5O3/c1-17-13-18(2)37-27(34-17)35-25(36-37)15-22-24(38)16-28(40-26(22)39,21-5-3-4-6-21)11-9-19-7-8-20(10-12-33)23(14-19)29(30,31)32/h7-8,13-14,21,38H,3-6,9-11,15-16H2,1-2H3. The molecule has 8 nitrogen and oxygen atoms in total. The van der Waals surface area contributed by atoms with Crippen LogP contribution >= 0.6 is 0 Å². The molecule has 0 bridgehead atoms. The summed E-state index contributed by atoms with van der Waals surface area (Å²) in [4.78, 5) is 22.1. The number of rotatable bonds is 7. The largest absolute Gasteiger partial charge is 0.512 e. The van der Waals surface area contributed by atoms with Crippen LogP contribution in [0, 0.1) is 31.1 Å². The van der Waals surface area contributed by atoms with Gasteiger partial charge >= 0.3 is 12.1 Å². The van der Waals surface area contributed by atoms with Gasteiger partial charge in [0.25, 0.3) is 5.78 Å². The molecule has 1 saturated carbocycles. The zero-order valence-corrected chi connectivity index (χ0v) is 22.4. The van der Waals surface area contributed by atoms with Crippen LogP contribution < -0.4 is 0 Å². The summed E-state index contributed by atoms with van der Waals surface area (Å²) >= 11 is 0. The third-order valence-corrected chi connectivity index (χ3v) is 8.04. The van der Waals surface area contributed by atoms with Crippen LogP contribution in [0.15, 0.2) is 35.6 Å². The third-order valence-electron chi connectivity index (χ3n) is 8.04. The minimum absolute atomic E-state index is 0.0109. The lowest BCUT2D eigenvalue weighted by atomic mass is 9.76. The molecule has 1 aliphatic carbocycles. The first-order valence-corrected chi connectivity index (χ1v) is 13.4. The van der Waals surface area contributed by atoms with Crippen LogP contribution in [0.4, 0.5) is 13.2 Å². The molecule has 2 aliphatic rings. The molecule has 3 heterocycles. The molecule has 1 unspecified atom stereocenters. The fourth-order valence-electron chi connectivity index (χ4n) is 6.07. The number of cyclic esters (lactones) is 1. The van der Waals surface area contributed by atoms with Gasteiger partial charge in [0.2, 0.25) is 0 Å². The number of aromatic nitrogens is 4. The SMILES string of the molecule is Cc1cc(C)n2nc(CC3=C(O)CC(CCc4ccc(CC#N)c(C(F)(F)F)c4)(C4CCCC4)OC3=O)nc2n1. The number of esters is 1. The Morgan fingerprint density at radius 2 is 1.95 bits per heavy atom. The van der Waals surface area contributed by atoms with E-state index in [-0.39, 0.29) is 54.9 Å². The topological polar surface area (TPSA) is 113 Å². The minimum Gasteiger partial charge on any atom is -0.512 e. The van der Waals surface area contributed by atoms with E-state index in [0.717, 1.165) is 43.1 Å². The number of aliphatic hydroxyl groups is 1. The van der Waals surface area contributed by atoms with E-state index in [9.17, 15) is 23.1 Å². The summed E-state index contributed by atoms with van der Waals surface area (Å²) in [5.74, 6) is -0.0385. The maximum absolute atomic E-state index is 13.7. The van der Waals surface area contributed by atoms with Gasteiger partial charge in [-0.15, -0.1) is 5.10 Å². The van der Waals surface area contributed by atoms with Crippen LogP contribution in [0.5, 0.6) is 0 Å². The molecule has 210 valence electrons. The number of hydrogen-bond acceptors (Lipinski definition) is 7. The highest BCUT2D eigenvalue weighted by molar-refractivity contribution is 5.90. The number of carbonyl (C=O) groups is 1. The molecule has 1 aliphatic heterocycles. The molecule has 5 rings (SSSR count). The van der Waals surface area contributed by atoms with Gasteiger partial charge < -0.3 is 9.84 Å². The first kappa shape index (κ1) is 27.6. The van der Waals surface area contributed by atoms with Crippen LogP contribution in [-0.2, 0) is 35.0 Å². The number of aryl methyl sites for hydroxylation is 3. The molecular weight excluding hydrogens is 523 g/mol. The quantitative estimate of drug-likeness (QED) is 0.374. The van der Waals surface area contributed by atoms with Crippen molar-refractivity contribution in [3.05, 3.63) is 69.5 Å². The van der Waals surface area contributed by atoms with Crippen molar-refractivity contribution in [2.24, 2.45) is 5.92 Å². The number of nitriles is 1. The fourth-order valence-corrected chi connectivity index (χ4v) is 6.07. The molecular formula is C29H30F3N5O3. The minimum atomic E-state index is -4.59. The molecule has 1 N–H and O–H groups in total. The maximum Gasteiger partial charge on any atom is 0.416 e. The Kier molecular flexibility index (Phi) is 7.29. The number of fused-ring (bicyclic) bond motifs is 1. The normalized spacial score (nSPS) is 20.2. The molecule has 1 atom stereocenters. The lowest BCUT2D eigenvalue weighted by molar-refractivity contribution is -0.167. The first-order chi connectivity index (χ1) is 19.0. The van der Waals surface area contributed by atoms with Gasteiger partial charge in [-0.3, -0.25) is 0 Å². The number of carbonyl (C=O) groups excluding carboxylic acids is 1. The molecule has 0 spiro atoms. The summed E-state index contributed by atoms with van der Waals surface area (Å²) in [6, 6.07) is 7.65. The molecule has 11 heteroatoms. The highest BCUT2D eigenvalue weighted by atomic mass is 19.4. The van der Waals surface area contributed by atoms with Gasteiger partial charge in [-0.25, -0.2) is 14.3 Å². The summed E-state index contributed by atoms with van der Waals surface area (Å²) in [6.45, 7) is 3.72. The highest BCUT2D eigenvalue weighted by Gasteiger charge is 2.48. The summed E-state index contributed by atoms with van der Waals surface area (Å²) in [5, 5.41) is 24.5. The van der Waals surface area contributed by atoms with Crippen LogP contribution in [-0.4, -0.2) is 36.3 Å². The van der Waals surface area contributed by atoms with Gasteiger partial charge in [0.05, 0.1) is 23.6 Å². The number of hydrogen-bond donors (Lipinski definition) is 1. The van der Waals surface area contributed by atoms with Gasteiger partial charge in [0.15, 0.2) is 5.82 Å². The second kappa shape index (κ2) is 10.6. The summed E-state index contributed by atoms with van der Waals surface area (Å²) in [5.41, 5.74) is 0.216. The second-order valence-electron chi connectivity index (χ2n) is 10.8. The summed E-state index contributed by atoms with van der Waals surface area (Å²) in [7, 11) is 0. The Morgan fingerprint density at radius 3 is 2.62 bits per heavy atom. The first-order valence-electron chi connectivity index (χ1n) is 13.4. The van der Waals surface area contributed by atoms with Gasteiger partial charge in [0.1, 0.15) is 11.4 Å². The van der Waals surface area contributed by atoms with Crippen LogP contribution in [0.2, 0.25) is 0 Å². The van der Waals surface area contributed by atoms with E-state index in [4.69, 9.17) is 10.00 Å². The van der Waals surface area contributed by atoms with Crippen molar-refractivity contribution in [3.63, 3.8) is 0 Å². The van der Waals surface area contributed by atoms with E-state index >= 15 is 0 Å². The fraction of sp³-hybridized carbons (Fsp3) is 0.483. The molecule has 2 aromatic heterocycles. The van der Waals surface area contributed by atoms with E-state index in [1.165, 1.54) is 6.07 Å². The number of ether oxygens (including phenoxy) is 1. The van der Waals surface area contributed by atoms with E-state index in [0.29, 0.717) is 17.2 Å². The predicted octanol–water partition coefficient (Wildman–Crippen LogP) is 5.69. The Labute approximate surface area is 229 Å². The van der Waals surface area contributed by atoms with E-state index in [2.05, 4.69) is 15.1 Å². The van der Waals surface area contributed by atoms with Crippen molar-refractivity contribution < 1.29 is 27.8 Å². The van der Waals surface area contributed by atoms with E-state index in [1.54, 1.807) is 16.7 Å². The van der Waals surface area contributed by atoms with E-state index < -0.39 is 23.3 Å². The van der Waals surface area contributed by atoms with Crippen LogP contribution in [0.25, 0.3) is 5.78 Å². The molecule has 3 aromatic rings. The molecule has 0 radical (unpaired) electrons. The Hall–Kier alpha value is -3.94. The smallest absolute Gasteiger partial charge is 0.416 e. The highest BCUT2D eigenvalue weighted by Crippen LogP contribution is 2.46. The molecule has 1 aromatic carbocycles. The Balaban J connectivity index is 1.41. The van der Waals surface area contributed by atoms with E-state index in [1.807, 2.05) is 19.9 Å². The average Bonchev–Trinajstić information content (AvgIpc) is 3.56.